The first kappa shape index (κ1) is 12.8. The highest BCUT2D eigenvalue weighted by molar-refractivity contribution is 7.12. The van der Waals surface area contributed by atoms with Gasteiger partial charge in [-0.15, -0.1) is 11.3 Å². The minimum Gasteiger partial charge on any atom is -0.409 e. The summed E-state index contributed by atoms with van der Waals surface area (Å²) >= 11 is 7.09. The Labute approximate surface area is 102 Å². The summed E-state index contributed by atoms with van der Waals surface area (Å²) in [6.45, 7) is 0.462. The lowest BCUT2D eigenvalue weighted by atomic mass is 10.3. The van der Waals surface area contributed by atoms with Crippen molar-refractivity contribution in [3.05, 3.63) is 21.3 Å². The van der Waals surface area contributed by atoms with Gasteiger partial charge in [0.25, 0.3) is 5.91 Å². The third-order valence-corrected chi connectivity index (χ3v) is 3.19. The van der Waals surface area contributed by atoms with E-state index in [-0.39, 0.29) is 11.7 Å². The molecule has 7 heteroatoms. The number of amidine groups is 1. The van der Waals surface area contributed by atoms with Gasteiger partial charge in [-0.2, -0.15) is 0 Å². The van der Waals surface area contributed by atoms with E-state index in [0.717, 1.165) is 0 Å². The van der Waals surface area contributed by atoms with E-state index in [4.69, 9.17) is 22.5 Å². The van der Waals surface area contributed by atoms with Crippen LogP contribution < -0.4 is 11.1 Å². The fraction of sp³-hybridized carbons (Fsp3) is 0.333. The number of nitrogens with zero attached hydrogens (tertiary/aromatic N) is 1. The van der Waals surface area contributed by atoms with Gasteiger partial charge in [0.1, 0.15) is 10.7 Å². The van der Waals surface area contributed by atoms with Gasteiger partial charge in [-0.25, -0.2) is 0 Å². The third-order valence-electron chi connectivity index (χ3n) is 1.85. The first-order valence-electron chi connectivity index (χ1n) is 4.62. The highest BCUT2D eigenvalue weighted by Crippen LogP contribution is 2.21. The topological polar surface area (TPSA) is 87.7 Å². The molecule has 0 aliphatic heterocycles. The van der Waals surface area contributed by atoms with Crippen molar-refractivity contribution in [3.8, 4) is 0 Å². The Balaban J connectivity index is 2.29. The second-order valence-electron chi connectivity index (χ2n) is 3.05. The zero-order chi connectivity index (χ0) is 12.0. The Morgan fingerprint density at radius 2 is 2.44 bits per heavy atom. The van der Waals surface area contributed by atoms with Crippen molar-refractivity contribution >= 4 is 34.7 Å². The smallest absolute Gasteiger partial charge is 0.262 e. The van der Waals surface area contributed by atoms with Gasteiger partial charge in [-0.3, -0.25) is 4.79 Å². The fourth-order valence-corrected chi connectivity index (χ4v) is 2.11. The van der Waals surface area contributed by atoms with Crippen LogP contribution in [0.4, 0.5) is 0 Å². The van der Waals surface area contributed by atoms with E-state index in [2.05, 4.69) is 10.5 Å². The van der Waals surface area contributed by atoms with E-state index < -0.39 is 0 Å². The van der Waals surface area contributed by atoms with Crippen molar-refractivity contribution in [1.29, 1.82) is 0 Å². The number of carbonyl (C=O) groups is 1. The molecule has 0 radical (unpaired) electrons. The molecule has 1 rings (SSSR count). The molecule has 5 nitrogen and oxygen atoms in total. The molecule has 0 unspecified atom stereocenters. The largest absolute Gasteiger partial charge is 0.409 e. The molecule has 0 saturated heterocycles. The first-order chi connectivity index (χ1) is 7.65. The van der Waals surface area contributed by atoms with Gasteiger partial charge in [0.15, 0.2) is 0 Å². The normalized spacial score (nSPS) is 11.4. The maximum Gasteiger partial charge on any atom is 0.262 e. The number of oxime groups is 1. The van der Waals surface area contributed by atoms with Crippen molar-refractivity contribution in [2.45, 2.75) is 12.8 Å². The highest BCUT2D eigenvalue weighted by Gasteiger charge is 2.10. The molecule has 16 heavy (non-hydrogen) atoms. The average molecular weight is 262 g/mol. The molecule has 1 aromatic heterocycles. The van der Waals surface area contributed by atoms with Gasteiger partial charge in [-0.05, 0) is 17.9 Å². The van der Waals surface area contributed by atoms with Crippen molar-refractivity contribution < 1.29 is 10.0 Å². The zero-order valence-electron chi connectivity index (χ0n) is 8.44. The van der Waals surface area contributed by atoms with Gasteiger partial charge < -0.3 is 16.3 Å². The molecule has 0 bridgehead atoms. The van der Waals surface area contributed by atoms with Crippen LogP contribution in [-0.2, 0) is 0 Å². The molecule has 0 atom stereocenters. The molecular weight excluding hydrogens is 250 g/mol. The van der Waals surface area contributed by atoms with E-state index in [1.165, 1.54) is 11.3 Å². The quantitative estimate of drug-likeness (QED) is 0.248. The molecule has 88 valence electrons. The number of rotatable bonds is 5. The number of carbonyl (C=O) groups excluding carboxylic acids is 1. The lowest BCUT2D eigenvalue weighted by molar-refractivity contribution is 0.0957. The van der Waals surface area contributed by atoms with E-state index in [1.807, 2.05) is 0 Å². The SMILES string of the molecule is N/C(CCCNC(=O)c1sccc1Cl)=N/O. The summed E-state index contributed by atoms with van der Waals surface area (Å²) in [4.78, 5) is 12.0. The van der Waals surface area contributed by atoms with Crippen molar-refractivity contribution in [2.75, 3.05) is 6.54 Å². The molecule has 0 spiro atoms. The summed E-state index contributed by atoms with van der Waals surface area (Å²) < 4.78 is 0. The fourth-order valence-electron chi connectivity index (χ4n) is 1.06. The number of nitrogens with two attached hydrogens (primary N) is 1. The number of thiophene rings is 1. The Kier molecular flexibility index (Phi) is 5.07. The predicted octanol–water partition coefficient (Wildman–Crippen LogP) is 1.66. The maximum atomic E-state index is 11.5. The summed E-state index contributed by atoms with van der Waals surface area (Å²) in [5, 5.41) is 16.0. The molecule has 0 aliphatic rings. The van der Waals surface area contributed by atoms with E-state index in [9.17, 15) is 4.79 Å². The Hall–Kier alpha value is -1.27. The first-order valence-corrected chi connectivity index (χ1v) is 5.88. The lowest BCUT2D eigenvalue weighted by Crippen LogP contribution is -2.25. The Morgan fingerprint density at radius 1 is 1.69 bits per heavy atom. The monoisotopic (exact) mass is 261 g/mol. The molecular formula is C9H12ClN3O2S. The average Bonchev–Trinajstić information content (AvgIpc) is 2.70. The van der Waals surface area contributed by atoms with Gasteiger partial charge in [0, 0.05) is 13.0 Å². The zero-order valence-corrected chi connectivity index (χ0v) is 10.0. The van der Waals surface area contributed by atoms with Crippen LogP contribution in [0.3, 0.4) is 0 Å². The van der Waals surface area contributed by atoms with Gasteiger partial charge in [0.2, 0.25) is 0 Å². The molecule has 0 fully saturated rings. The van der Waals surface area contributed by atoms with E-state index >= 15 is 0 Å². The van der Waals surface area contributed by atoms with Gasteiger partial charge in [-0.1, -0.05) is 16.8 Å². The van der Waals surface area contributed by atoms with Crippen LogP contribution in [0.2, 0.25) is 5.02 Å². The molecule has 0 aliphatic carbocycles. The van der Waals surface area contributed by atoms with Crippen LogP contribution in [0.15, 0.2) is 16.6 Å². The standard InChI is InChI=1S/C9H12ClN3O2S/c10-6-3-5-16-8(6)9(14)12-4-1-2-7(11)13-15/h3,5,15H,1-2,4H2,(H2,11,13)(H,12,14). The van der Waals surface area contributed by atoms with Crippen molar-refractivity contribution in [2.24, 2.45) is 10.9 Å². The number of hydrogen-bond acceptors (Lipinski definition) is 4. The minimum absolute atomic E-state index is 0.156. The number of hydrogen-bond donors (Lipinski definition) is 3. The van der Waals surface area contributed by atoms with E-state index in [1.54, 1.807) is 11.4 Å². The summed E-state index contributed by atoms with van der Waals surface area (Å²) in [6, 6.07) is 1.68. The van der Waals surface area contributed by atoms with Crippen LogP contribution >= 0.6 is 22.9 Å². The van der Waals surface area contributed by atoms with Crippen molar-refractivity contribution in [3.63, 3.8) is 0 Å². The number of nitrogens with one attached hydrogen (secondary N) is 1. The number of amides is 1. The summed E-state index contributed by atoms with van der Waals surface area (Å²) in [6.07, 6.45) is 1.06. The van der Waals surface area contributed by atoms with Crippen LogP contribution in [0, 0.1) is 0 Å². The van der Waals surface area contributed by atoms with Crippen LogP contribution in [0.1, 0.15) is 22.5 Å². The molecule has 0 saturated carbocycles. The highest BCUT2D eigenvalue weighted by atomic mass is 35.5. The van der Waals surface area contributed by atoms with E-state index in [0.29, 0.717) is 29.3 Å². The van der Waals surface area contributed by atoms with Crippen LogP contribution in [0.5, 0.6) is 0 Å². The van der Waals surface area contributed by atoms with Gasteiger partial charge >= 0.3 is 0 Å². The molecule has 0 aromatic carbocycles. The van der Waals surface area contributed by atoms with Gasteiger partial charge in [0.05, 0.1) is 5.02 Å². The molecule has 1 aromatic rings. The number of halogens is 1. The summed E-state index contributed by atoms with van der Waals surface area (Å²) in [5.41, 5.74) is 5.28. The predicted molar refractivity (Wildman–Crippen MR) is 64.3 cm³/mol. The Bertz CT molecular complexity index is 392. The molecule has 1 heterocycles. The Morgan fingerprint density at radius 3 is 3.00 bits per heavy atom. The molecule has 1 amide bonds. The second-order valence-corrected chi connectivity index (χ2v) is 4.37. The molecule has 4 N–H and O–H groups in total. The maximum absolute atomic E-state index is 11.5. The lowest BCUT2D eigenvalue weighted by Gasteiger charge is -2.03. The van der Waals surface area contributed by atoms with Crippen LogP contribution in [-0.4, -0.2) is 23.5 Å². The third kappa shape index (κ3) is 3.71. The second kappa shape index (κ2) is 6.34. The summed E-state index contributed by atoms with van der Waals surface area (Å²) in [7, 11) is 0. The van der Waals surface area contributed by atoms with Crippen LogP contribution in [0.25, 0.3) is 0 Å². The van der Waals surface area contributed by atoms with Crippen molar-refractivity contribution in [1.82, 2.24) is 5.32 Å². The summed E-state index contributed by atoms with van der Waals surface area (Å²) in [5.74, 6) is -0.0390. The minimum atomic E-state index is -0.195.